The lowest BCUT2D eigenvalue weighted by atomic mass is 10.1. The van der Waals surface area contributed by atoms with Crippen LogP contribution < -0.4 is 4.90 Å². The molecule has 182 valence electrons. The Hall–Kier alpha value is -2.51. The van der Waals surface area contributed by atoms with Crippen molar-refractivity contribution in [3.05, 3.63) is 52.0 Å². The van der Waals surface area contributed by atoms with Crippen LogP contribution in [0.3, 0.4) is 0 Å². The van der Waals surface area contributed by atoms with E-state index < -0.39 is 21.7 Å². The van der Waals surface area contributed by atoms with Gasteiger partial charge < -0.3 is 14.5 Å². The van der Waals surface area contributed by atoms with E-state index in [1.54, 1.807) is 57.0 Å². The van der Waals surface area contributed by atoms with Crippen LogP contribution >= 0.6 is 23.2 Å². The van der Waals surface area contributed by atoms with Gasteiger partial charge in [-0.1, -0.05) is 29.3 Å². The number of carbonyl (C=O) groups is 1. The lowest BCUT2D eigenvalue weighted by Gasteiger charge is -2.35. The number of hydrogen-bond acceptors (Lipinski definition) is 6. The van der Waals surface area contributed by atoms with Gasteiger partial charge in [-0.25, -0.2) is 13.2 Å². The molecule has 2 aromatic rings. The minimum atomic E-state index is -3.99. The molecule has 1 aliphatic heterocycles. The lowest BCUT2D eigenvalue weighted by Crippen LogP contribution is -2.51. The van der Waals surface area contributed by atoms with Gasteiger partial charge >= 0.3 is 6.09 Å². The predicted octanol–water partition coefficient (Wildman–Crippen LogP) is 4.87. The second-order valence-electron chi connectivity index (χ2n) is 8.82. The van der Waals surface area contributed by atoms with Gasteiger partial charge in [0.2, 0.25) is 10.0 Å². The van der Waals surface area contributed by atoms with Gasteiger partial charge in [-0.2, -0.15) is 9.57 Å². The minimum Gasteiger partial charge on any atom is -0.444 e. The molecular weight excluding hydrogens is 499 g/mol. The van der Waals surface area contributed by atoms with Crippen LogP contribution in [0.15, 0.2) is 41.3 Å². The molecule has 0 unspecified atom stereocenters. The van der Waals surface area contributed by atoms with E-state index in [0.29, 0.717) is 15.7 Å². The second kappa shape index (κ2) is 10.0. The highest BCUT2D eigenvalue weighted by molar-refractivity contribution is 7.89. The number of halogens is 2. The van der Waals surface area contributed by atoms with Gasteiger partial charge in [0.1, 0.15) is 16.6 Å². The van der Waals surface area contributed by atoms with E-state index in [0.717, 1.165) is 0 Å². The Morgan fingerprint density at radius 2 is 1.68 bits per heavy atom. The monoisotopic (exact) mass is 524 g/mol. The number of nitriles is 1. The van der Waals surface area contributed by atoms with E-state index in [4.69, 9.17) is 27.9 Å². The summed E-state index contributed by atoms with van der Waals surface area (Å²) >= 11 is 12.3. The second-order valence-corrected chi connectivity index (χ2v) is 11.6. The van der Waals surface area contributed by atoms with Crippen LogP contribution in [0, 0.1) is 11.3 Å². The van der Waals surface area contributed by atoms with Crippen molar-refractivity contribution in [1.82, 2.24) is 9.21 Å². The fourth-order valence-corrected chi connectivity index (χ4v) is 5.78. The van der Waals surface area contributed by atoms with Gasteiger partial charge in [-0.05, 0) is 51.1 Å². The molecule has 1 aliphatic rings. The number of hydrogen-bond donors (Lipinski definition) is 0. The zero-order valence-corrected chi connectivity index (χ0v) is 21.7. The first kappa shape index (κ1) is 26.1. The molecular formula is C23H26Cl2N4O4S. The Balaban J connectivity index is 1.93. The van der Waals surface area contributed by atoms with Crippen molar-refractivity contribution in [3.8, 4) is 6.07 Å². The number of ether oxygens (including phenoxy) is 1. The molecule has 3 rings (SSSR count). The first-order chi connectivity index (χ1) is 15.8. The van der Waals surface area contributed by atoms with Gasteiger partial charge in [0, 0.05) is 49.0 Å². The van der Waals surface area contributed by atoms with E-state index in [1.807, 2.05) is 0 Å². The molecule has 2 aromatic carbocycles. The third-order valence-electron chi connectivity index (χ3n) is 5.20. The Labute approximate surface area is 210 Å². The van der Waals surface area contributed by atoms with Gasteiger partial charge in [0.05, 0.1) is 11.3 Å². The highest BCUT2D eigenvalue weighted by Gasteiger charge is 2.34. The molecule has 0 spiro atoms. The number of piperazine rings is 1. The van der Waals surface area contributed by atoms with Crippen LogP contribution in [-0.2, 0) is 14.8 Å². The van der Waals surface area contributed by atoms with E-state index in [1.165, 1.54) is 21.3 Å². The summed E-state index contributed by atoms with van der Waals surface area (Å²) in [5.74, 6) is 0. The molecule has 1 saturated heterocycles. The Morgan fingerprint density at radius 3 is 2.21 bits per heavy atom. The Morgan fingerprint density at radius 1 is 1.09 bits per heavy atom. The van der Waals surface area contributed by atoms with Crippen molar-refractivity contribution in [2.45, 2.75) is 31.3 Å². The molecule has 0 saturated carbocycles. The highest BCUT2D eigenvalue weighted by atomic mass is 35.5. The fourth-order valence-electron chi connectivity index (χ4n) is 3.61. The maximum Gasteiger partial charge on any atom is 0.410 e. The lowest BCUT2D eigenvalue weighted by molar-refractivity contribution is 0.0192. The number of para-hydroxylation sites is 1. The summed E-state index contributed by atoms with van der Waals surface area (Å²) in [5.41, 5.74) is 0.303. The van der Waals surface area contributed by atoms with Gasteiger partial charge in [-0.3, -0.25) is 0 Å². The van der Waals surface area contributed by atoms with Crippen molar-refractivity contribution in [1.29, 1.82) is 5.26 Å². The summed E-state index contributed by atoms with van der Waals surface area (Å²) in [6, 6.07) is 11.5. The molecule has 0 N–H and O–H groups in total. The summed E-state index contributed by atoms with van der Waals surface area (Å²) in [5, 5.41) is 10.5. The van der Waals surface area contributed by atoms with Crippen LogP contribution in [0.1, 0.15) is 26.3 Å². The number of amides is 1. The van der Waals surface area contributed by atoms with Crippen molar-refractivity contribution in [3.63, 3.8) is 0 Å². The van der Waals surface area contributed by atoms with E-state index >= 15 is 0 Å². The van der Waals surface area contributed by atoms with Crippen molar-refractivity contribution in [2.24, 2.45) is 0 Å². The molecule has 0 aliphatic carbocycles. The van der Waals surface area contributed by atoms with E-state index in [9.17, 15) is 18.5 Å². The van der Waals surface area contributed by atoms with Crippen LogP contribution in [0.4, 0.5) is 16.2 Å². The number of nitrogens with zero attached hydrogens (tertiary/aromatic N) is 4. The number of benzene rings is 2. The fraction of sp³-hybridized carbons (Fsp3) is 0.391. The predicted molar refractivity (Wildman–Crippen MR) is 132 cm³/mol. The smallest absolute Gasteiger partial charge is 0.410 e. The number of sulfonamides is 1. The summed E-state index contributed by atoms with van der Waals surface area (Å²) < 4.78 is 34.0. The van der Waals surface area contributed by atoms with Crippen LogP contribution in [0.25, 0.3) is 0 Å². The molecule has 34 heavy (non-hydrogen) atoms. The van der Waals surface area contributed by atoms with Crippen molar-refractivity contribution < 1.29 is 17.9 Å². The Bertz CT molecular complexity index is 1210. The highest BCUT2D eigenvalue weighted by Crippen LogP contribution is 2.37. The molecule has 0 bridgehead atoms. The molecule has 1 amide bonds. The van der Waals surface area contributed by atoms with Gasteiger partial charge in [0.25, 0.3) is 0 Å². The maximum atomic E-state index is 13.7. The quantitative estimate of drug-likeness (QED) is 0.565. The average molecular weight is 525 g/mol. The van der Waals surface area contributed by atoms with Crippen molar-refractivity contribution in [2.75, 3.05) is 38.1 Å². The molecule has 0 aromatic heterocycles. The standard InChI is InChI=1S/C23H26Cl2N4O4S/c1-23(2,3)33-22(30)28-8-10-29(11-9-28)34(31,32)20-7-5-6-16(15-26)21(20)27(4)19-13-17(24)12-18(25)14-19/h5-7,12-14H,8-11H2,1-4H3. The Kier molecular flexibility index (Phi) is 7.68. The maximum absolute atomic E-state index is 13.7. The third kappa shape index (κ3) is 5.76. The minimum absolute atomic E-state index is 0.0177. The normalized spacial score (nSPS) is 15.0. The first-order valence-electron chi connectivity index (χ1n) is 10.5. The van der Waals surface area contributed by atoms with Gasteiger partial charge in [-0.15, -0.1) is 0 Å². The molecule has 8 nitrogen and oxygen atoms in total. The van der Waals surface area contributed by atoms with Crippen molar-refractivity contribution >= 4 is 50.7 Å². The van der Waals surface area contributed by atoms with E-state index in [2.05, 4.69) is 6.07 Å². The van der Waals surface area contributed by atoms with E-state index in [-0.39, 0.29) is 42.3 Å². The topological polar surface area (TPSA) is 94.0 Å². The summed E-state index contributed by atoms with van der Waals surface area (Å²) in [7, 11) is -2.34. The zero-order valence-electron chi connectivity index (χ0n) is 19.4. The first-order valence-corrected chi connectivity index (χ1v) is 12.7. The molecule has 11 heteroatoms. The van der Waals surface area contributed by atoms with Crippen LogP contribution in [0.2, 0.25) is 10.0 Å². The number of rotatable bonds is 4. The molecule has 1 fully saturated rings. The largest absolute Gasteiger partial charge is 0.444 e. The SMILES string of the molecule is CN(c1cc(Cl)cc(Cl)c1)c1c(C#N)cccc1S(=O)(=O)N1CCN(C(=O)OC(C)(C)C)CC1. The number of anilines is 2. The van der Waals surface area contributed by atoms with Gasteiger partial charge in [0.15, 0.2) is 0 Å². The molecule has 0 radical (unpaired) electrons. The van der Waals surface area contributed by atoms with Crippen LogP contribution in [0.5, 0.6) is 0 Å². The summed E-state index contributed by atoms with van der Waals surface area (Å²) in [6.45, 7) is 5.92. The third-order valence-corrected chi connectivity index (χ3v) is 7.56. The summed E-state index contributed by atoms with van der Waals surface area (Å²) in [4.78, 5) is 15.4. The zero-order chi connectivity index (χ0) is 25.3. The summed E-state index contributed by atoms with van der Waals surface area (Å²) in [6.07, 6.45) is -0.478. The molecule has 1 heterocycles. The molecule has 0 atom stereocenters. The average Bonchev–Trinajstić information content (AvgIpc) is 2.76. The van der Waals surface area contributed by atoms with Crippen LogP contribution in [-0.4, -0.2) is 62.5 Å². The number of carbonyl (C=O) groups excluding carboxylic acids is 1.